The Bertz CT molecular complexity index is 378. The summed E-state index contributed by atoms with van der Waals surface area (Å²) in [5.41, 5.74) is 0.718. The molecule has 0 spiro atoms. The molecule has 0 bridgehead atoms. The van der Waals surface area contributed by atoms with Gasteiger partial charge in [0.15, 0.2) is 0 Å². The van der Waals surface area contributed by atoms with Crippen LogP contribution in [0.1, 0.15) is 16.5 Å². The zero-order valence-electron chi connectivity index (χ0n) is 7.52. The van der Waals surface area contributed by atoms with Crippen molar-refractivity contribution < 1.29 is 13.5 Å². The summed E-state index contributed by atoms with van der Waals surface area (Å²) in [6, 6.07) is 1.76. The minimum Gasteiger partial charge on any atom is -0.387 e. The van der Waals surface area contributed by atoms with Crippen molar-refractivity contribution in [1.82, 2.24) is 0 Å². The van der Waals surface area contributed by atoms with Gasteiger partial charge in [0.2, 0.25) is 0 Å². The van der Waals surface area contributed by atoms with E-state index in [1.54, 1.807) is 6.07 Å². The molecular formula is C8H12O3S2. The van der Waals surface area contributed by atoms with Gasteiger partial charge in [0.05, 0.1) is 11.9 Å². The Labute approximate surface area is 82.0 Å². The van der Waals surface area contributed by atoms with Crippen LogP contribution >= 0.6 is 11.3 Å². The van der Waals surface area contributed by atoms with Crippen molar-refractivity contribution in [3.8, 4) is 0 Å². The van der Waals surface area contributed by atoms with Crippen molar-refractivity contribution in [2.45, 2.75) is 13.0 Å². The van der Waals surface area contributed by atoms with E-state index in [0.717, 1.165) is 16.7 Å². The van der Waals surface area contributed by atoms with E-state index in [0.29, 0.717) is 0 Å². The molecule has 0 amide bonds. The van der Waals surface area contributed by atoms with Gasteiger partial charge in [-0.3, -0.25) is 0 Å². The summed E-state index contributed by atoms with van der Waals surface area (Å²) >= 11 is 1.50. The van der Waals surface area contributed by atoms with Gasteiger partial charge >= 0.3 is 0 Å². The van der Waals surface area contributed by atoms with Gasteiger partial charge in [-0.1, -0.05) is 0 Å². The molecule has 1 atom stereocenters. The van der Waals surface area contributed by atoms with E-state index < -0.39 is 15.9 Å². The van der Waals surface area contributed by atoms with E-state index in [1.807, 2.05) is 12.3 Å². The lowest BCUT2D eigenvalue weighted by Gasteiger charge is -2.08. The molecule has 74 valence electrons. The van der Waals surface area contributed by atoms with Crippen LogP contribution < -0.4 is 0 Å². The van der Waals surface area contributed by atoms with Crippen LogP contribution in [0.5, 0.6) is 0 Å². The summed E-state index contributed by atoms with van der Waals surface area (Å²) in [6.07, 6.45) is 0.235. The second-order valence-corrected chi connectivity index (χ2v) is 6.35. The summed E-state index contributed by atoms with van der Waals surface area (Å²) in [4.78, 5) is 0.969. The molecule has 1 aromatic rings. The molecule has 0 saturated heterocycles. The first-order chi connectivity index (χ1) is 5.90. The maximum atomic E-state index is 10.9. The first kappa shape index (κ1) is 10.7. The SMILES string of the molecule is Cc1sccc1C(O)CS(C)(=O)=O. The highest BCUT2D eigenvalue weighted by molar-refractivity contribution is 7.90. The average Bonchev–Trinajstić information content (AvgIpc) is 2.30. The van der Waals surface area contributed by atoms with Crippen LogP contribution in [0.4, 0.5) is 0 Å². The highest BCUT2D eigenvalue weighted by atomic mass is 32.2. The van der Waals surface area contributed by atoms with Crippen LogP contribution in [0.3, 0.4) is 0 Å². The molecule has 1 heterocycles. The fourth-order valence-corrected chi connectivity index (χ4v) is 2.63. The standard InChI is InChI=1S/C8H12O3S2/c1-6-7(3-4-12-6)8(9)5-13(2,10)11/h3-4,8-9H,5H2,1-2H3. The van der Waals surface area contributed by atoms with Gasteiger partial charge in [-0.25, -0.2) is 8.42 Å². The molecule has 0 aliphatic rings. The summed E-state index contributed by atoms with van der Waals surface area (Å²) in [6.45, 7) is 1.87. The number of rotatable bonds is 3. The molecule has 0 aliphatic heterocycles. The number of hydrogen-bond donors (Lipinski definition) is 1. The molecule has 3 nitrogen and oxygen atoms in total. The summed E-state index contributed by atoms with van der Waals surface area (Å²) in [5, 5.41) is 11.4. The third-order valence-corrected chi connectivity index (χ3v) is 3.50. The van der Waals surface area contributed by atoms with Crippen molar-refractivity contribution in [2.24, 2.45) is 0 Å². The Morgan fingerprint density at radius 3 is 2.62 bits per heavy atom. The van der Waals surface area contributed by atoms with Gasteiger partial charge in [0.1, 0.15) is 9.84 Å². The number of sulfone groups is 1. The molecule has 0 aromatic carbocycles. The monoisotopic (exact) mass is 220 g/mol. The predicted octanol–water partition coefficient (Wildman–Crippen LogP) is 1.13. The van der Waals surface area contributed by atoms with E-state index in [4.69, 9.17) is 0 Å². The lowest BCUT2D eigenvalue weighted by molar-refractivity contribution is 0.201. The minimum atomic E-state index is -3.11. The van der Waals surface area contributed by atoms with Crippen LogP contribution in [-0.4, -0.2) is 25.5 Å². The maximum Gasteiger partial charge on any atom is 0.150 e. The summed E-state index contributed by atoms with van der Waals surface area (Å²) in [7, 11) is -3.11. The molecule has 1 N–H and O–H groups in total. The minimum absolute atomic E-state index is 0.204. The zero-order valence-corrected chi connectivity index (χ0v) is 9.15. The largest absolute Gasteiger partial charge is 0.387 e. The molecule has 0 saturated carbocycles. The number of thiophene rings is 1. The number of aliphatic hydroxyl groups excluding tert-OH is 1. The third-order valence-electron chi connectivity index (χ3n) is 1.72. The molecule has 1 unspecified atom stereocenters. The van der Waals surface area contributed by atoms with E-state index >= 15 is 0 Å². The summed E-state index contributed by atoms with van der Waals surface area (Å²) < 4.78 is 21.8. The highest BCUT2D eigenvalue weighted by Gasteiger charge is 2.16. The van der Waals surface area contributed by atoms with Crippen molar-refractivity contribution >= 4 is 21.2 Å². The molecule has 1 rings (SSSR count). The van der Waals surface area contributed by atoms with Gasteiger partial charge in [0, 0.05) is 11.1 Å². The summed E-state index contributed by atoms with van der Waals surface area (Å²) in [5.74, 6) is -0.204. The normalized spacial score (nSPS) is 14.4. The fourth-order valence-electron chi connectivity index (χ4n) is 1.12. The second-order valence-electron chi connectivity index (χ2n) is 3.04. The first-order valence-corrected chi connectivity index (χ1v) is 6.74. The van der Waals surface area contributed by atoms with Crippen LogP contribution in [0, 0.1) is 6.92 Å². The van der Waals surface area contributed by atoms with Crippen LogP contribution in [0.15, 0.2) is 11.4 Å². The zero-order chi connectivity index (χ0) is 10.1. The van der Waals surface area contributed by atoms with Crippen molar-refractivity contribution in [2.75, 3.05) is 12.0 Å². The van der Waals surface area contributed by atoms with Gasteiger partial charge in [0.25, 0.3) is 0 Å². The number of hydrogen-bond acceptors (Lipinski definition) is 4. The molecule has 1 aromatic heterocycles. The van der Waals surface area contributed by atoms with E-state index in [9.17, 15) is 13.5 Å². The van der Waals surface area contributed by atoms with Gasteiger partial charge in [-0.2, -0.15) is 0 Å². The Hall–Kier alpha value is -0.390. The average molecular weight is 220 g/mol. The molecule has 13 heavy (non-hydrogen) atoms. The first-order valence-electron chi connectivity index (χ1n) is 3.80. The number of aliphatic hydroxyl groups is 1. The topological polar surface area (TPSA) is 54.4 Å². The van der Waals surface area contributed by atoms with Crippen molar-refractivity contribution in [3.63, 3.8) is 0 Å². The highest BCUT2D eigenvalue weighted by Crippen LogP contribution is 2.23. The lowest BCUT2D eigenvalue weighted by Crippen LogP contribution is -2.12. The Morgan fingerprint density at radius 1 is 1.62 bits per heavy atom. The Morgan fingerprint density at radius 2 is 2.23 bits per heavy atom. The second kappa shape index (κ2) is 3.77. The quantitative estimate of drug-likeness (QED) is 0.831. The Kier molecular flexibility index (Phi) is 3.10. The fraction of sp³-hybridized carbons (Fsp3) is 0.500. The maximum absolute atomic E-state index is 10.9. The lowest BCUT2D eigenvalue weighted by atomic mass is 10.2. The van der Waals surface area contributed by atoms with Crippen molar-refractivity contribution in [1.29, 1.82) is 0 Å². The molecular weight excluding hydrogens is 208 g/mol. The van der Waals surface area contributed by atoms with E-state index in [-0.39, 0.29) is 5.75 Å². The van der Waals surface area contributed by atoms with E-state index in [2.05, 4.69) is 0 Å². The van der Waals surface area contributed by atoms with E-state index in [1.165, 1.54) is 11.3 Å². The third kappa shape index (κ3) is 3.10. The van der Waals surface area contributed by atoms with Gasteiger partial charge in [-0.15, -0.1) is 11.3 Å². The molecule has 0 aliphatic carbocycles. The van der Waals surface area contributed by atoms with Gasteiger partial charge < -0.3 is 5.11 Å². The molecule has 0 fully saturated rings. The number of aryl methyl sites for hydroxylation is 1. The van der Waals surface area contributed by atoms with Crippen LogP contribution in [0.25, 0.3) is 0 Å². The predicted molar refractivity (Wildman–Crippen MR) is 53.7 cm³/mol. The van der Waals surface area contributed by atoms with Crippen molar-refractivity contribution in [3.05, 3.63) is 21.9 Å². The Balaban J connectivity index is 2.81. The van der Waals surface area contributed by atoms with Crippen LogP contribution in [0.2, 0.25) is 0 Å². The smallest absolute Gasteiger partial charge is 0.150 e. The molecule has 0 radical (unpaired) electrons. The molecule has 5 heteroatoms. The van der Waals surface area contributed by atoms with Crippen LogP contribution in [-0.2, 0) is 9.84 Å². The van der Waals surface area contributed by atoms with Gasteiger partial charge in [-0.05, 0) is 23.9 Å².